The smallest absolute Gasteiger partial charge is 0.252 e. The molecule has 20 heavy (non-hydrogen) atoms. The maximum atomic E-state index is 11.6. The molecule has 2 N–H and O–H groups in total. The summed E-state index contributed by atoms with van der Waals surface area (Å²) >= 11 is 0. The zero-order valence-corrected chi connectivity index (χ0v) is 11.3. The van der Waals surface area contributed by atoms with Crippen LogP contribution in [0, 0.1) is 6.92 Å². The molecule has 0 fully saturated rings. The van der Waals surface area contributed by atoms with Gasteiger partial charge in [0.15, 0.2) is 0 Å². The van der Waals surface area contributed by atoms with Crippen molar-refractivity contribution in [2.45, 2.75) is 6.92 Å². The average Bonchev–Trinajstić information content (AvgIpc) is 2.92. The van der Waals surface area contributed by atoms with E-state index in [1.54, 1.807) is 19.3 Å². The number of H-pyrrole nitrogens is 1. The van der Waals surface area contributed by atoms with Crippen molar-refractivity contribution in [1.29, 1.82) is 0 Å². The van der Waals surface area contributed by atoms with Crippen LogP contribution < -0.4 is 5.32 Å². The molecule has 5 heteroatoms. The average molecular weight is 266 g/mol. The summed E-state index contributed by atoms with van der Waals surface area (Å²) in [7, 11) is 1.60. The van der Waals surface area contributed by atoms with Crippen LogP contribution in [0.2, 0.25) is 0 Å². The number of carbonyl (C=O) groups excluding carboxylic acids is 1. The topological polar surface area (TPSA) is 70.7 Å². The lowest BCUT2D eigenvalue weighted by Crippen LogP contribution is -2.17. The molecule has 5 nitrogen and oxygen atoms in total. The molecule has 0 bridgehead atoms. The molecule has 2 aromatic heterocycles. The van der Waals surface area contributed by atoms with Crippen LogP contribution in [0.25, 0.3) is 22.4 Å². The van der Waals surface area contributed by atoms with Gasteiger partial charge < -0.3 is 10.3 Å². The van der Waals surface area contributed by atoms with Gasteiger partial charge in [-0.2, -0.15) is 0 Å². The number of amides is 1. The summed E-state index contributed by atoms with van der Waals surface area (Å²) in [5.41, 5.74) is 4.34. The Balaban J connectivity index is 2.11. The van der Waals surface area contributed by atoms with E-state index >= 15 is 0 Å². The summed E-state index contributed by atoms with van der Waals surface area (Å²) in [6.07, 6.45) is 3.23. The third-order valence-electron chi connectivity index (χ3n) is 3.22. The van der Waals surface area contributed by atoms with E-state index in [9.17, 15) is 4.79 Å². The van der Waals surface area contributed by atoms with Gasteiger partial charge in [0.05, 0.1) is 16.6 Å². The van der Waals surface area contributed by atoms with Crippen molar-refractivity contribution >= 4 is 16.9 Å². The zero-order chi connectivity index (χ0) is 14.1. The summed E-state index contributed by atoms with van der Waals surface area (Å²) in [6, 6.07) is 7.76. The molecule has 0 spiro atoms. The van der Waals surface area contributed by atoms with Crippen molar-refractivity contribution in [3.8, 4) is 11.4 Å². The van der Waals surface area contributed by atoms with Crippen LogP contribution in [0.15, 0.2) is 36.7 Å². The van der Waals surface area contributed by atoms with Gasteiger partial charge in [-0.1, -0.05) is 12.1 Å². The minimum atomic E-state index is -0.161. The number of benzene rings is 1. The molecule has 3 rings (SSSR count). The Kier molecular flexibility index (Phi) is 2.95. The van der Waals surface area contributed by atoms with Crippen LogP contribution in [-0.4, -0.2) is 27.9 Å². The van der Waals surface area contributed by atoms with Gasteiger partial charge in [-0.05, 0) is 24.6 Å². The third-order valence-corrected chi connectivity index (χ3v) is 3.22. The summed E-state index contributed by atoms with van der Waals surface area (Å²) in [5.74, 6) is 0.555. The van der Waals surface area contributed by atoms with Gasteiger partial charge in [0.25, 0.3) is 5.91 Å². The summed E-state index contributed by atoms with van der Waals surface area (Å²) in [6.45, 7) is 2.02. The zero-order valence-electron chi connectivity index (χ0n) is 11.3. The highest BCUT2D eigenvalue weighted by molar-refractivity contribution is 5.94. The van der Waals surface area contributed by atoms with Crippen molar-refractivity contribution in [3.05, 3.63) is 47.8 Å². The second-order valence-corrected chi connectivity index (χ2v) is 4.60. The number of fused-ring (bicyclic) bond motifs is 1. The van der Waals surface area contributed by atoms with Crippen LogP contribution in [0.3, 0.4) is 0 Å². The Bertz CT molecular complexity index is 791. The summed E-state index contributed by atoms with van der Waals surface area (Å²) in [5, 5.41) is 2.59. The van der Waals surface area contributed by atoms with Gasteiger partial charge in [0.1, 0.15) is 5.82 Å². The lowest BCUT2D eigenvalue weighted by molar-refractivity contribution is 0.0963. The molecule has 100 valence electrons. The predicted octanol–water partition coefficient (Wildman–Crippen LogP) is 2.29. The summed E-state index contributed by atoms with van der Waals surface area (Å²) in [4.78, 5) is 23.6. The molecular weight excluding hydrogens is 252 g/mol. The first-order chi connectivity index (χ1) is 9.69. The number of aromatic nitrogens is 3. The van der Waals surface area contributed by atoms with E-state index < -0.39 is 0 Å². The normalized spacial score (nSPS) is 10.7. The number of hydrogen-bond donors (Lipinski definition) is 2. The molecule has 2 heterocycles. The van der Waals surface area contributed by atoms with E-state index in [0.717, 1.165) is 22.2 Å². The van der Waals surface area contributed by atoms with Crippen LogP contribution >= 0.6 is 0 Å². The largest absolute Gasteiger partial charge is 0.355 e. The fourth-order valence-electron chi connectivity index (χ4n) is 2.15. The first-order valence-electron chi connectivity index (χ1n) is 6.32. The first-order valence-corrected chi connectivity index (χ1v) is 6.32. The molecule has 0 aliphatic carbocycles. The van der Waals surface area contributed by atoms with Gasteiger partial charge in [-0.25, -0.2) is 4.98 Å². The number of nitrogens with zero attached hydrogens (tertiary/aromatic N) is 2. The monoisotopic (exact) mass is 266 g/mol. The minimum absolute atomic E-state index is 0.161. The SMILES string of the molecule is CNC(=O)c1cncc(-c2nc3c(C)cccc3[nH]2)c1. The second kappa shape index (κ2) is 4.77. The molecule has 0 unspecified atom stereocenters. The van der Waals surface area contributed by atoms with Crippen molar-refractivity contribution < 1.29 is 4.79 Å². The summed E-state index contributed by atoms with van der Waals surface area (Å²) < 4.78 is 0. The molecule has 0 saturated heterocycles. The van der Waals surface area contributed by atoms with Gasteiger partial charge in [-0.15, -0.1) is 0 Å². The maximum absolute atomic E-state index is 11.6. The quantitative estimate of drug-likeness (QED) is 0.747. The van der Waals surface area contributed by atoms with E-state index in [1.165, 1.54) is 6.20 Å². The van der Waals surface area contributed by atoms with Crippen molar-refractivity contribution in [2.75, 3.05) is 7.05 Å². The standard InChI is InChI=1S/C15H14N4O/c1-9-4-3-5-12-13(9)19-14(18-12)10-6-11(8-17-7-10)15(20)16-2/h3-8H,1-2H3,(H,16,20)(H,18,19). The number of pyridine rings is 1. The fraction of sp³-hybridized carbons (Fsp3) is 0.133. The number of imidazole rings is 1. The minimum Gasteiger partial charge on any atom is -0.355 e. The highest BCUT2D eigenvalue weighted by atomic mass is 16.1. The second-order valence-electron chi connectivity index (χ2n) is 4.60. The molecule has 1 amide bonds. The van der Waals surface area contributed by atoms with Crippen LogP contribution in [-0.2, 0) is 0 Å². The van der Waals surface area contributed by atoms with Gasteiger partial charge >= 0.3 is 0 Å². The van der Waals surface area contributed by atoms with E-state index in [2.05, 4.69) is 20.3 Å². The fourth-order valence-corrected chi connectivity index (χ4v) is 2.15. The Morgan fingerprint density at radius 2 is 2.15 bits per heavy atom. The number of rotatable bonds is 2. The highest BCUT2D eigenvalue weighted by Crippen LogP contribution is 2.22. The van der Waals surface area contributed by atoms with E-state index in [4.69, 9.17) is 0 Å². The predicted molar refractivity (Wildman–Crippen MR) is 77.5 cm³/mol. The number of hydrogen-bond acceptors (Lipinski definition) is 3. The Morgan fingerprint density at radius 3 is 2.90 bits per heavy atom. The molecule has 1 aromatic carbocycles. The molecule has 0 radical (unpaired) electrons. The van der Waals surface area contributed by atoms with Crippen LogP contribution in [0.5, 0.6) is 0 Å². The number of aryl methyl sites for hydroxylation is 1. The molecule has 3 aromatic rings. The van der Waals surface area contributed by atoms with Gasteiger partial charge in [0, 0.05) is 25.0 Å². The molecule has 0 aliphatic heterocycles. The van der Waals surface area contributed by atoms with E-state index in [-0.39, 0.29) is 5.91 Å². The Labute approximate surface area is 116 Å². The van der Waals surface area contributed by atoms with Crippen LogP contribution in [0.1, 0.15) is 15.9 Å². The van der Waals surface area contributed by atoms with Gasteiger partial charge in [0.2, 0.25) is 0 Å². The maximum Gasteiger partial charge on any atom is 0.252 e. The molecule has 0 aliphatic rings. The number of para-hydroxylation sites is 1. The number of carbonyl (C=O) groups is 1. The molecule has 0 saturated carbocycles. The van der Waals surface area contributed by atoms with E-state index in [1.807, 2.05) is 25.1 Å². The Morgan fingerprint density at radius 1 is 1.30 bits per heavy atom. The van der Waals surface area contributed by atoms with E-state index in [0.29, 0.717) is 11.4 Å². The lowest BCUT2D eigenvalue weighted by atomic mass is 10.2. The van der Waals surface area contributed by atoms with Crippen molar-refractivity contribution in [1.82, 2.24) is 20.3 Å². The van der Waals surface area contributed by atoms with Crippen molar-refractivity contribution in [2.24, 2.45) is 0 Å². The van der Waals surface area contributed by atoms with Gasteiger partial charge in [-0.3, -0.25) is 9.78 Å². The number of nitrogens with one attached hydrogen (secondary N) is 2. The lowest BCUT2D eigenvalue weighted by Gasteiger charge is -2.01. The highest BCUT2D eigenvalue weighted by Gasteiger charge is 2.10. The Hall–Kier alpha value is -2.69. The molecular formula is C15H14N4O. The third kappa shape index (κ3) is 2.03. The van der Waals surface area contributed by atoms with Crippen molar-refractivity contribution in [3.63, 3.8) is 0 Å². The number of aromatic amines is 1. The molecule has 0 atom stereocenters. The first kappa shape index (κ1) is 12.3. The van der Waals surface area contributed by atoms with Crippen LogP contribution in [0.4, 0.5) is 0 Å².